The fraction of sp³-hybridized carbons (Fsp3) is 0.280. The van der Waals surface area contributed by atoms with Gasteiger partial charge in [-0.3, -0.25) is 4.98 Å². The molecule has 0 amide bonds. The molecule has 0 bridgehead atoms. The molecule has 6 heteroatoms. The number of nitrogens with one attached hydrogen (secondary N) is 1. The molecule has 3 rings (SSSR count). The minimum atomic E-state index is 0.668. The molecule has 31 heavy (non-hydrogen) atoms. The number of methoxy groups -OCH3 is 1. The van der Waals surface area contributed by atoms with Crippen LogP contribution >= 0.6 is 12.2 Å². The van der Waals surface area contributed by atoms with Gasteiger partial charge < -0.3 is 19.9 Å². The molecular formula is C25H30N4OS. The van der Waals surface area contributed by atoms with Gasteiger partial charge in [0.25, 0.3) is 0 Å². The predicted molar refractivity (Wildman–Crippen MR) is 133 cm³/mol. The average molecular weight is 435 g/mol. The summed E-state index contributed by atoms with van der Waals surface area (Å²) < 4.78 is 5.24. The zero-order valence-corrected chi connectivity index (χ0v) is 19.2. The Hall–Kier alpha value is -3.12. The van der Waals surface area contributed by atoms with Crippen molar-refractivity contribution in [1.82, 2.24) is 9.88 Å². The summed E-state index contributed by atoms with van der Waals surface area (Å²) in [4.78, 5) is 8.74. The van der Waals surface area contributed by atoms with Crippen LogP contribution in [0, 0.1) is 0 Å². The van der Waals surface area contributed by atoms with Gasteiger partial charge in [0, 0.05) is 49.9 Å². The topological polar surface area (TPSA) is 40.6 Å². The lowest BCUT2D eigenvalue weighted by molar-refractivity contribution is 0.412. The Labute approximate surface area is 190 Å². The SMILES string of the molecule is CCN(CC)c1ccc(CN(Cc2cccnc2)C(=S)Nc2ccc(OC)cc2)cc1. The van der Waals surface area contributed by atoms with E-state index >= 15 is 0 Å². The molecular weight excluding hydrogens is 404 g/mol. The number of hydrogen-bond acceptors (Lipinski definition) is 4. The maximum absolute atomic E-state index is 5.78. The summed E-state index contributed by atoms with van der Waals surface area (Å²) in [6.07, 6.45) is 3.67. The van der Waals surface area contributed by atoms with Crippen LogP contribution in [0.3, 0.4) is 0 Å². The number of ether oxygens (including phenoxy) is 1. The van der Waals surface area contributed by atoms with Crippen LogP contribution in [0.2, 0.25) is 0 Å². The molecule has 0 saturated carbocycles. The second-order valence-corrected chi connectivity index (χ2v) is 7.60. The highest BCUT2D eigenvalue weighted by Crippen LogP contribution is 2.19. The molecule has 5 nitrogen and oxygen atoms in total. The lowest BCUT2D eigenvalue weighted by Gasteiger charge is -2.27. The summed E-state index contributed by atoms with van der Waals surface area (Å²) in [6, 6.07) is 20.5. The summed E-state index contributed by atoms with van der Waals surface area (Å²) in [5.41, 5.74) is 4.49. The maximum atomic E-state index is 5.78. The van der Waals surface area contributed by atoms with Crippen LogP contribution in [0.4, 0.5) is 11.4 Å². The van der Waals surface area contributed by atoms with E-state index in [-0.39, 0.29) is 0 Å². The van der Waals surface area contributed by atoms with Crippen LogP contribution in [0.25, 0.3) is 0 Å². The largest absolute Gasteiger partial charge is 0.497 e. The van der Waals surface area contributed by atoms with E-state index in [1.54, 1.807) is 13.3 Å². The summed E-state index contributed by atoms with van der Waals surface area (Å²) in [7, 11) is 1.66. The van der Waals surface area contributed by atoms with E-state index in [0.29, 0.717) is 18.2 Å². The van der Waals surface area contributed by atoms with Crippen molar-refractivity contribution in [2.24, 2.45) is 0 Å². The quantitative estimate of drug-likeness (QED) is 0.459. The molecule has 0 radical (unpaired) electrons. The van der Waals surface area contributed by atoms with Crippen molar-refractivity contribution in [2.75, 3.05) is 30.4 Å². The smallest absolute Gasteiger partial charge is 0.174 e. The van der Waals surface area contributed by atoms with Crippen molar-refractivity contribution in [3.05, 3.63) is 84.2 Å². The summed E-state index contributed by atoms with van der Waals surface area (Å²) in [5, 5.41) is 4.02. The van der Waals surface area contributed by atoms with Gasteiger partial charge >= 0.3 is 0 Å². The standard InChI is InChI=1S/C25H30N4OS/c1-4-28(5-2)23-12-8-20(9-13-23)18-29(19-21-7-6-16-26-17-21)25(31)27-22-10-14-24(30-3)15-11-22/h6-17H,4-5,18-19H2,1-3H3,(H,27,31). The fourth-order valence-corrected chi connectivity index (χ4v) is 3.66. The Kier molecular flexibility index (Phi) is 8.24. The Morgan fingerprint density at radius 3 is 2.19 bits per heavy atom. The lowest BCUT2D eigenvalue weighted by Crippen LogP contribution is -2.33. The first kappa shape index (κ1) is 22.6. The van der Waals surface area contributed by atoms with Crippen molar-refractivity contribution in [2.45, 2.75) is 26.9 Å². The highest BCUT2D eigenvalue weighted by Gasteiger charge is 2.13. The number of anilines is 2. The van der Waals surface area contributed by atoms with Gasteiger partial charge in [-0.2, -0.15) is 0 Å². The van der Waals surface area contributed by atoms with Crippen LogP contribution < -0.4 is 15.0 Å². The van der Waals surface area contributed by atoms with Crippen molar-refractivity contribution < 1.29 is 4.74 Å². The summed E-state index contributed by atoms with van der Waals surface area (Å²) >= 11 is 5.78. The molecule has 0 atom stereocenters. The molecule has 0 aliphatic rings. The molecule has 1 N–H and O–H groups in total. The van der Waals surface area contributed by atoms with E-state index in [9.17, 15) is 0 Å². The van der Waals surface area contributed by atoms with Gasteiger partial charge in [-0.1, -0.05) is 18.2 Å². The van der Waals surface area contributed by atoms with E-state index in [4.69, 9.17) is 17.0 Å². The molecule has 1 aromatic heterocycles. The van der Waals surface area contributed by atoms with Crippen LogP contribution in [0.15, 0.2) is 73.1 Å². The number of hydrogen-bond donors (Lipinski definition) is 1. The fourth-order valence-electron chi connectivity index (χ4n) is 3.41. The van der Waals surface area contributed by atoms with Crippen molar-refractivity contribution in [1.29, 1.82) is 0 Å². The number of aromatic nitrogens is 1. The first-order valence-corrected chi connectivity index (χ1v) is 11.0. The third-order valence-corrected chi connectivity index (χ3v) is 5.52. The van der Waals surface area contributed by atoms with E-state index in [0.717, 1.165) is 30.1 Å². The van der Waals surface area contributed by atoms with E-state index in [1.165, 1.54) is 11.3 Å². The van der Waals surface area contributed by atoms with E-state index in [2.05, 4.69) is 64.3 Å². The van der Waals surface area contributed by atoms with Crippen LogP contribution in [-0.2, 0) is 13.1 Å². The molecule has 3 aromatic rings. The van der Waals surface area contributed by atoms with E-state index < -0.39 is 0 Å². The number of benzene rings is 2. The Morgan fingerprint density at radius 2 is 1.61 bits per heavy atom. The third-order valence-electron chi connectivity index (χ3n) is 5.16. The normalized spacial score (nSPS) is 10.4. The molecule has 0 fully saturated rings. The van der Waals surface area contributed by atoms with Crippen LogP contribution in [0.1, 0.15) is 25.0 Å². The van der Waals surface area contributed by atoms with Gasteiger partial charge in [0.1, 0.15) is 5.75 Å². The zero-order valence-electron chi connectivity index (χ0n) is 18.4. The Balaban J connectivity index is 1.76. The monoisotopic (exact) mass is 434 g/mol. The minimum absolute atomic E-state index is 0.668. The van der Waals surface area contributed by atoms with Gasteiger partial charge in [-0.05, 0) is 79.7 Å². The highest BCUT2D eigenvalue weighted by molar-refractivity contribution is 7.80. The van der Waals surface area contributed by atoms with Gasteiger partial charge in [-0.15, -0.1) is 0 Å². The molecule has 1 heterocycles. The minimum Gasteiger partial charge on any atom is -0.497 e. The molecule has 0 unspecified atom stereocenters. The number of rotatable bonds is 9. The van der Waals surface area contributed by atoms with Crippen molar-refractivity contribution >= 4 is 28.7 Å². The number of pyridine rings is 1. The molecule has 0 aliphatic heterocycles. The molecule has 162 valence electrons. The van der Waals surface area contributed by atoms with E-state index in [1.807, 2.05) is 36.5 Å². The second-order valence-electron chi connectivity index (χ2n) is 7.21. The third kappa shape index (κ3) is 6.43. The molecule has 0 aliphatic carbocycles. The maximum Gasteiger partial charge on any atom is 0.174 e. The first-order chi connectivity index (χ1) is 15.1. The Bertz CT molecular complexity index is 942. The predicted octanol–water partition coefficient (Wildman–Crippen LogP) is 5.34. The van der Waals surface area contributed by atoms with Crippen LogP contribution in [-0.4, -0.2) is 35.2 Å². The molecule has 0 saturated heterocycles. The van der Waals surface area contributed by atoms with Crippen LogP contribution in [0.5, 0.6) is 5.75 Å². The number of thiocarbonyl (C=S) groups is 1. The zero-order chi connectivity index (χ0) is 22.1. The Morgan fingerprint density at radius 1 is 0.935 bits per heavy atom. The van der Waals surface area contributed by atoms with Gasteiger partial charge in [0.15, 0.2) is 5.11 Å². The lowest BCUT2D eigenvalue weighted by atomic mass is 10.1. The second kappa shape index (κ2) is 11.3. The van der Waals surface area contributed by atoms with Crippen molar-refractivity contribution in [3.63, 3.8) is 0 Å². The van der Waals surface area contributed by atoms with Crippen molar-refractivity contribution in [3.8, 4) is 5.75 Å². The number of nitrogens with zero attached hydrogens (tertiary/aromatic N) is 3. The molecule has 0 spiro atoms. The van der Waals surface area contributed by atoms with Gasteiger partial charge in [0.2, 0.25) is 0 Å². The van der Waals surface area contributed by atoms with Gasteiger partial charge in [0.05, 0.1) is 7.11 Å². The molecule has 2 aromatic carbocycles. The first-order valence-electron chi connectivity index (χ1n) is 10.6. The van der Waals surface area contributed by atoms with Gasteiger partial charge in [-0.25, -0.2) is 0 Å². The highest BCUT2D eigenvalue weighted by atomic mass is 32.1. The average Bonchev–Trinajstić information content (AvgIpc) is 2.81. The summed E-state index contributed by atoms with van der Waals surface area (Å²) in [5.74, 6) is 0.817. The summed E-state index contributed by atoms with van der Waals surface area (Å²) in [6.45, 7) is 7.73.